The fourth-order valence-corrected chi connectivity index (χ4v) is 3.42. The molecular weight excluding hydrogens is 393 g/mol. The minimum Gasteiger partial charge on any atom is -0.397 e. The van der Waals surface area contributed by atoms with Gasteiger partial charge in [0.25, 0.3) is 0 Å². The largest absolute Gasteiger partial charge is 0.397 e. The number of nitrogens with two attached hydrogens (primary N) is 1. The third kappa shape index (κ3) is 4.24. The van der Waals surface area contributed by atoms with Crippen molar-refractivity contribution in [3.8, 4) is 11.3 Å². The number of rotatable bonds is 4. The van der Waals surface area contributed by atoms with E-state index in [1.165, 1.54) is 11.3 Å². The predicted molar refractivity (Wildman–Crippen MR) is 112 cm³/mol. The van der Waals surface area contributed by atoms with Gasteiger partial charge in [0, 0.05) is 12.1 Å². The van der Waals surface area contributed by atoms with Crippen molar-refractivity contribution in [2.45, 2.75) is 6.92 Å². The molecule has 0 saturated heterocycles. The number of halogens is 2. The highest BCUT2D eigenvalue weighted by Crippen LogP contribution is 2.39. The Labute approximate surface area is 165 Å². The predicted octanol–water partition coefficient (Wildman–Crippen LogP) is 4.33. The second-order valence-corrected chi connectivity index (χ2v) is 7.08. The zero-order valence-electron chi connectivity index (χ0n) is 14.6. The Morgan fingerprint density at radius 1 is 1.23 bits per heavy atom. The molecule has 0 bridgehead atoms. The van der Waals surface area contributed by atoms with Crippen molar-refractivity contribution in [1.82, 2.24) is 15.3 Å². The molecule has 0 unspecified atom stereocenters. The Morgan fingerprint density at radius 3 is 2.50 bits per heavy atom. The lowest BCUT2D eigenvalue weighted by atomic mass is 10.1. The molecule has 0 aliphatic carbocycles. The van der Waals surface area contributed by atoms with Crippen molar-refractivity contribution in [3.05, 3.63) is 33.1 Å². The summed E-state index contributed by atoms with van der Waals surface area (Å²) in [4.78, 5) is 21.2. The lowest BCUT2D eigenvalue weighted by molar-refractivity contribution is 0.112. The normalized spacial score (nSPS) is 10.3. The van der Waals surface area contributed by atoms with Gasteiger partial charge in [0.1, 0.15) is 4.83 Å². The molecule has 9 heteroatoms. The SMILES string of the molecule is CCNc1nc(-c2ccc(Cl)c(Cl)c2)c2c(N)c(C=O)sc2n1.CNC. The van der Waals surface area contributed by atoms with Crippen LogP contribution in [0.4, 0.5) is 11.6 Å². The summed E-state index contributed by atoms with van der Waals surface area (Å²) in [7, 11) is 3.75. The summed E-state index contributed by atoms with van der Waals surface area (Å²) < 4.78 is 0. The van der Waals surface area contributed by atoms with Crippen molar-refractivity contribution in [2.24, 2.45) is 0 Å². The van der Waals surface area contributed by atoms with Gasteiger partial charge >= 0.3 is 0 Å². The molecule has 0 radical (unpaired) electrons. The number of nitrogens with one attached hydrogen (secondary N) is 2. The summed E-state index contributed by atoms with van der Waals surface area (Å²) in [5.41, 5.74) is 7.85. The molecule has 3 aromatic rings. The first-order valence-corrected chi connectivity index (χ1v) is 9.36. The smallest absolute Gasteiger partial charge is 0.224 e. The molecule has 4 N–H and O–H groups in total. The van der Waals surface area contributed by atoms with Gasteiger partial charge in [-0.3, -0.25) is 4.79 Å². The van der Waals surface area contributed by atoms with E-state index in [2.05, 4.69) is 20.6 Å². The van der Waals surface area contributed by atoms with Crippen LogP contribution >= 0.6 is 34.5 Å². The summed E-state index contributed by atoms with van der Waals surface area (Å²) in [5, 5.41) is 7.36. The van der Waals surface area contributed by atoms with E-state index < -0.39 is 0 Å². The van der Waals surface area contributed by atoms with Crippen LogP contribution in [0.5, 0.6) is 0 Å². The molecule has 3 rings (SSSR count). The number of hydrogen-bond donors (Lipinski definition) is 3. The van der Waals surface area contributed by atoms with E-state index in [1.54, 1.807) is 12.1 Å². The van der Waals surface area contributed by atoms with Crippen LogP contribution in [0.25, 0.3) is 21.5 Å². The monoisotopic (exact) mass is 411 g/mol. The Morgan fingerprint density at radius 2 is 1.92 bits per heavy atom. The number of carbonyl (C=O) groups is 1. The average molecular weight is 412 g/mol. The third-order valence-corrected chi connectivity index (χ3v) is 5.02. The molecule has 0 amide bonds. The summed E-state index contributed by atoms with van der Waals surface area (Å²) in [5.74, 6) is 0.472. The minimum atomic E-state index is 0.379. The molecule has 1 aromatic carbocycles. The molecule has 0 aliphatic rings. The van der Waals surface area contributed by atoms with Gasteiger partial charge in [-0.05, 0) is 33.2 Å². The maximum Gasteiger partial charge on any atom is 0.224 e. The lowest BCUT2D eigenvalue weighted by Gasteiger charge is -2.08. The quantitative estimate of drug-likeness (QED) is 0.553. The van der Waals surface area contributed by atoms with Gasteiger partial charge in [-0.15, -0.1) is 11.3 Å². The fourth-order valence-electron chi connectivity index (χ4n) is 2.22. The molecule has 2 heterocycles. The number of aldehydes is 1. The topological polar surface area (TPSA) is 92.9 Å². The van der Waals surface area contributed by atoms with Crippen molar-refractivity contribution in [1.29, 1.82) is 0 Å². The van der Waals surface area contributed by atoms with Crippen LogP contribution in [-0.2, 0) is 0 Å². The van der Waals surface area contributed by atoms with Crippen LogP contribution in [0.3, 0.4) is 0 Å². The number of anilines is 2. The first kappa shape index (κ1) is 20.4. The number of aromatic nitrogens is 2. The molecule has 0 fully saturated rings. The number of hydrogen-bond acceptors (Lipinski definition) is 7. The van der Waals surface area contributed by atoms with Crippen LogP contribution in [0.1, 0.15) is 16.6 Å². The lowest BCUT2D eigenvalue weighted by Crippen LogP contribution is -2.03. The standard InChI is InChI=1S/C15H12Cl2N4OS.C2H7N/c1-2-19-15-20-13(7-3-4-8(16)9(17)5-7)11-12(18)10(6-22)23-14(11)21-15;1-3-2/h3-6H,2,18H2,1H3,(H,19,20,21);3H,1-2H3. The van der Waals surface area contributed by atoms with E-state index in [-0.39, 0.29) is 0 Å². The Bertz CT molecular complexity index is 929. The fraction of sp³-hybridized carbons (Fsp3) is 0.235. The van der Waals surface area contributed by atoms with Gasteiger partial charge in [-0.1, -0.05) is 29.3 Å². The average Bonchev–Trinajstić information content (AvgIpc) is 2.94. The Hall–Kier alpha value is -1.93. The second-order valence-electron chi connectivity index (χ2n) is 5.23. The maximum atomic E-state index is 11.2. The maximum absolute atomic E-state index is 11.2. The Kier molecular flexibility index (Phi) is 7.16. The third-order valence-electron chi connectivity index (χ3n) is 3.25. The van der Waals surface area contributed by atoms with E-state index in [0.717, 1.165) is 11.8 Å². The van der Waals surface area contributed by atoms with Gasteiger partial charge in [0.2, 0.25) is 5.95 Å². The number of fused-ring (bicyclic) bond motifs is 1. The van der Waals surface area contributed by atoms with Crippen molar-refractivity contribution < 1.29 is 4.79 Å². The van der Waals surface area contributed by atoms with Crippen LogP contribution in [-0.4, -0.2) is 36.9 Å². The molecule has 0 aliphatic heterocycles. The molecule has 0 saturated carbocycles. The molecule has 0 atom stereocenters. The molecule has 0 spiro atoms. The number of nitrogen functional groups attached to an aromatic ring is 1. The summed E-state index contributed by atoms with van der Waals surface area (Å²) in [6.45, 7) is 2.62. The van der Waals surface area contributed by atoms with E-state index >= 15 is 0 Å². The molecule has 26 heavy (non-hydrogen) atoms. The van der Waals surface area contributed by atoms with Gasteiger partial charge in [-0.2, -0.15) is 0 Å². The van der Waals surface area contributed by atoms with Gasteiger partial charge in [-0.25, -0.2) is 9.97 Å². The van der Waals surface area contributed by atoms with Crippen LogP contribution in [0.15, 0.2) is 18.2 Å². The van der Waals surface area contributed by atoms with E-state index in [0.29, 0.717) is 49.0 Å². The highest BCUT2D eigenvalue weighted by atomic mass is 35.5. The summed E-state index contributed by atoms with van der Waals surface area (Å²) in [6.07, 6.45) is 0.729. The van der Waals surface area contributed by atoms with E-state index in [9.17, 15) is 4.79 Å². The molecule has 6 nitrogen and oxygen atoms in total. The number of nitrogens with zero attached hydrogens (tertiary/aromatic N) is 2. The van der Waals surface area contributed by atoms with Crippen LogP contribution < -0.4 is 16.4 Å². The molecular formula is C17H19Cl2N5OS. The van der Waals surface area contributed by atoms with Crippen LogP contribution in [0, 0.1) is 0 Å². The highest BCUT2D eigenvalue weighted by Gasteiger charge is 2.18. The first-order valence-electron chi connectivity index (χ1n) is 7.79. The molecule has 2 aromatic heterocycles. The van der Waals surface area contributed by atoms with Crippen molar-refractivity contribution in [2.75, 3.05) is 31.7 Å². The number of benzene rings is 1. The van der Waals surface area contributed by atoms with E-state index in [4.69, 9.17) is 28.9 Å². The Balaban J connectivity index is 0.000000758. The number of carbonyl (C=O) groups excluding carboxylic acids is 1. The molecule has 138 valence electrons. The summed E-state index contributed by atoms with van der Waals surface area (Å²) in [6, 6.07) is 5.23. The van der Waals surface area contributed by atoms with Crippen molar-refractivity contribution in [3.63, 3.8) is 0 Å². The van der Waals surface area contributed by atoms with Gasteiger partial charge < -0.3 is 16.4 Å². The van der Waals surface area contributed by atoms with Crippen LogP contribution in [0.2, 0.25) is 10.0 Å². The minimum absolute atomic E-state index is 0.379. The van der Waals surface area contributed by atoms with E-state index in [1.807, 2.05) is 27.1 Å². The van der Waals surface area contributed by atoms with Crippen molar-refractivity contribution >= 4 is 62.7 Å². The zero-order chi connectivity index (χ0) is 19.3. The van der Waals surface area contributed by atoms with Gasteiger partial charge in [0.15, 0.2) is 6.29 Å². The first-order chi connectivity index (χ1) is 12.5. The number of thiophene rings is 1. The zero-order valence-corrected chi connectivity index (χ0v) is 16.9. The second kappa shape index (κ2) is 9.14. The highest BCUT2D eigenvalue weighted by molar-refractivity contribution is 7.21. The summed E-state index contributed by atoms with van der Waals surface area (Å²) >= 11 is 13.3. The van der Waals surface area contributed by atoms with Gasteiger partial charge in [0.05, 0.1) is 31.7 Å².